The van der Waals surface area contributed by atoms with Crippen LogP contribution in [0.3, 0.4) is 0 Å². The average Bonchev–Trinajstić information content (AvgIpc) is 2.82. The second kappa shape index (κ2) is 9.30. The van der Waals surface area contributed by atoms with E-state index in [4.69, 9.17) is 9.97 Å². The molecule has 31 heavy (non-hydrogen) atoms. The molecule has 2 aromatic heterocycles. The van der Waals surface area contributed by atoms with Crippen LogP contribution in [0.5, 0.6) is 0 Å². The lowest BCUT2D eigenvalue weighted by Gasteiger charge is -2.34. The van der Waals surface area contributed by atoms with Gasteiger partial charge >= 0.3 is 0 Å². The molecule has 0 unspecified atom stereocenters. The first-order valence-electron chi connectivity index (χ1n) is 10.2. The van der Waals surface area contributed by atoms with Crippen molar-refractivity contribution in [3.8, 4) is 0 Å². The topological polar surface area (TPSA) is 58.0 Å². The Labute approximate surface area is 193 Å². The lowest BCUT2D eigenvalue weighted by molar-refractivity contribution is 0.242. The zero-order valence-corrected chi connectivity index (χ0v) is 19.3. The van der Waals surface area contributed by atoms with Gasteiger partial charge in [0.15, 0.2) is 0 Å². The molecule has 0 bridgehead atoms. The molecule has 1 aliphatic rings. The van der Waals surface area contributed by atoms with Crippen molar-refractivity contribution >= 4 is 44.5 Å². The van der Waals surface area contributed by atoms with Crippen molar-refractivity contribution in [3.63, 3.8) is 0 Å². The zero-order valence-electron chi connectivity index (χ0n) is 16.9. The highest BCUT2D eigenvalue weighted by atomic mass is 79.9. The second-order valence-corrected chi connectivity index (χ2v) is 9.31. The maximum absolute atomic E-state index is 4.95. The number of halogens is 1. The Kier molecular flexibility index (Phi) is 6.11. The molecular weight excluding hydrogens is 472 g/mol. The van der Waals surface area contributed by atoms with Crippen LogP contribution in [0.1, 0.15) is 5.82 Å². The highest BCUT2D eigenvalue weighted by Gasteiger charge is 2.20. The van der Waals surface area contributed by atoms with Crippen molar-refractivity contribution in [1.82, 2.24) is 24.8 Å². The molecule has 1 fully saturated rings. The standard InChI is InChI=1S/C23H21BrN6S/c24-17-6-8-18(9-7-17)31-22-19-4-1-2-5-20(19)27-21(28-22)16-29-12-14-30(15-13-29)23-25-10-3-11-26-23/h1-11H,12-16H2. The predicted octanol–water partition coefficient (Wildman–Crippen LogP) is 4.66. The molecule has 0 saturated carbocycles. The van der Waals surface area contributed by atoms with Gasteiger partial charge in [-0.25, -0.2) is 19.9 Å². The summed E-state index contributed by atoms with van der Waals surface area (Å²) in [5, 5.41) is 2.09. The second-order valence-electron chi connectivity index (χ2n) is 7.33. The molecule has 0 radical (unpaired) electrons. The highest BCUT2D eigenvalue weighted by Crippen LogP contribution is 2.32. The number of piperazine rings is 1. The number of aromatic nitrogens is 4. The molecule has 6 nitrogen and oxygen atoms in total. The third-order valence-electron chi connectivity index (χ3n) is 5.22. The van der Waals surface area contributed by atoms with Gasteiger partial charge in [0, 0.05) is 53.3 Å². The van der Waals surface area contributed by atoms with Gasteiger partial charge < -0.3 is 4.90 Å². The molecule has 1 aliphatic heterocycles. The van der Waals surface area contributed by atoms with Crippen molar-refractivity contribution in [3.05, 3.63) is 77.3 Å². The summed E-state index contributed by atoms with van der Waals surface area (Å²) in [6, 6.07) is 18.4. The summed E-state index contributed by atoms with van der Waals surface area (Å²) in [6.45, 7) is 4.41. The maximum atomic E-state index is 4.95. The van der Waals surface area contributed by atoms with E-state index in [1.807, 2.05) is 18.2 Å². The number of para-hydroxylation sites is 1. The number of hydrogen-bond donors (Lipinski definition) is 0. The fraction of sp³-hybridized carbons (Fsp3) is 0.217. The fourth-order valence-electron chi connectivity index (χ4n) is 3.62. The van der Waals surface area contributed by atoms with Crippen LogP contribution >= 0.6 is 27.7 Å². The molecule has 0 aliphatic carbocycles. The Hall–Kier alpha value is -2.55. The molecule has 2 aromatic carbocycles. The van der Waals surface area contributed by atoms with Crippen LogP contribution in [-0.4, -0.2) is 51.0 Å². The van der Waals surface area contributed by atoms with Crippen molar-refractivity contribution in [1.29, 1.82) is 0 Å². The zero-order chi connectivity index (χ0) is 21.0. The minimum atomic E-state index is 0.738. The summed E-state index contributed by atoms with van der Waals surface area (Å²) in [5.74, 6) is 1.67. The fourth-order valence-corrected chi connectivity index (χ4v) is 4.81. The van der Waals surface area contributed by atoms with Gasteiger partial charge in [0.25, 0.3) is 0 Å². The van der Waals surface area contributed by atoms with Gasteiger partial charge in [-0.1, -0.05) is 45.9 Å². The third kappa shape index (κ3) is 4.87. The summed E-state index contributed by atoms with van der Waals surface area (Å²) >= 11 is 5.19. The van der Waals surface area contributed by atoms with E-state index in [2.05, 4.69) is 72.1 Å². The van der Waals surface area contributed by atoms with Gasteiger partial charge in [-0.05, 0) is 36.4 Å². The van der Waals surface area contributed by atoms with E-state index in [9.17, 15) is 0 Å². The minimum absolute atomic E-state index is 0.738. The van der Waals surface area contributed by atoms with Gasteiger partial charge in [0.05, 0.1) is 12.1 Å². The van der Waals surface area contributed by atoms with Crippen LogP contribution in [0.15, 0.2) is 81.4 Å². The van der Waals surface area contributed by atoms with Crippen molar-refractivity contribution in [2.45, 2.75) is 16.5 Å². The monoisotopic (exact) mass is 492 g/mol. The van der Waals surface area contributed by atoms with Crippen LogP contribution in [0.25, 0.3) is 10.9 Å². The number of rotatable bonds is 5. The number of hydrogen-bond acceptors (Lipinski definition) is 7. The molecule has 3 heterocycles. The first kappa shape index (κ1) is 20.4. The Balaban J connectivity index is 1.34. The molecule has 0 spiro atoms. The third-order valence-corrected chi connectivity index (χ3v) is 6.76. The molecule has 0 amide bonds. The lowest BCUT2D eigenvalue weighted by atomic mass is 10.2. The smallest absolute Gasteiger partial charge is 0.225 e. The van der Waals surface area contributed by atoms with E-state index in [0.717, 1.165) is 69.8 Å². The SMILES string of the molecule is Brc1ccc(Sc2nc(CN3CCN(c4ncccn4)CC3)nc3ccccc23)cc1. The molecule has 0 N–H and O–H groups in total. The predicted molar refractivity (Wildman–Crippen MR) is 127 cm³/mol. The Morgan fingerprint density at radius 2 is 1.58 bits per heavy atom. The summed E-state index contributed by atoms with van der Waals surface area (Å²) in [7, 11) is 0. The summed E-state index contributed by atoms with van der Waals surface area (Å²) in [5.41, 5.74) is 0.989. The van der Waals surface area contributed by atoms with Gasteiger partial charge in [-0.2, -0.15) is 0 Å². The lowest BCUT2D eigenvalue weighted by Crippen LogP contribution is -2.46. The van der Waals surface area contributed by atoms with E-state index >= 15 is 0 Å². The minimum Gasteiger partial charge on any atom is -0.338 e. The van der Waals surface area contributed by atoms with Crippen LogP contribution in [0.2, 0.25) is 0 Å². The van der Waals surface area contributed by atoms with Gasteiger partial charge in [0.1, 0.15) is 10.9 Å². The van der Waals surface area contributed by atoms with Gasteiger partial charge in [-0.15, -0.1) is 0 Å². The van der Waals surface area contributed by atoms with Crippen LogP contribution < -0.4 is 4.90 Å². The van der Waals surface area contributed by atoms with E-state index in [0.29, 0.717) is 0 Å². The molecule has 5 rings (SSSR count). The van der Waals surface area contributed by atoms with Crippen LogP contribution in [0, 0.1) is 0 Å². The van der Waals surface area contributed by atoms with E-state index in [1.165, 1.54) is 0 Å². The van der Waals surface area contributed by atoms with Crippen molar-refractivity contribution in [2.75, 3.05) is 31.1 Å². The van der Waals surface area contributed by atoms with E-state index < -0.39 is 0 Å². The Morgan fingerprint density at radius 3 is 2.35 bits per heavy atom. The Morgan fingerprint density at radius 1 is 0.839 bits per heavy atom. The first-order chi connectivity index (χ1) is 15.2. The quantitative estimate of drug-likeness (QED) is 0.375. The molecule has 8 heteroatoms. The molecular formula is C23H21BrN6S. The average molecular weight is 493 g/mol. The van der Waals surface area contributed by atoms with Crippen molar-refractivity contribution in [2.24, 2.45) is 0 Å². The molecule has 0 atom stereocenters. The van der Waals surface area contributed by atoms with Crippen molar-refractivity contribution < 1.29 is 0 Å². The number of nitrogens with zero attached hydrogens (tertiary/aromatic N) is 6. The number of benzene rings is 2. The normalized spacial score (nSPS) is 14.8. The summed E-state index contributed by atoms with van der Waals surface area (Å²) < 4.78 is 1.07. The van der Waals surface area contributed by atoms with Gasteiger partial charge in [0.2, 0.25) is 5.95 Å². The largest absolute Gasteiger partial charge is 0.338 e. The first-order valence-corrected chi connectivity index (χ1v) is 11.8. The number of fused-ring (bicyclic) bond motifs is 1. The van der Waals surface area contributed by atoms with Gasteiger partial charge in [-0.3, -0.25) is 4.90 Å². The Bertz CT molecular complexity index is 1160. The van der Waals surface area contributed by atoms with E-state index in [-0.39, 0.29) is 0 Å². The summed E-state index contributed by atoms with van der Waals surface area (Å²) in [6.07, 6.45) is 3.59. The molecule has 1 saturated heterocycles. The van der Waals surface area contributed by atoms with Crippen LogP contribution in [-0.2, 0) is 6.54 Å². The van der Waals surface area contributed by atoms with E-state index in [1.54, 1.807) is 24.2 Å². The maximum Gasteiger partial charge on any atom is 0.225 e. The molecule has 156 valence electrons. The molecule has 4 aromatic rings. The summed E-state index contributed by atoms with van der Waals surface area (Å²) in [4.78, 5) is 24.3. The number of anilines is 1. The van der Waals surface area contributed by atoms with Crippen LogP contribution in [0.4, 0.5) is 5.95 Å². The highest BCUT2D eigenvalue weighted by molar-refractivity contribution is 9.10.